The van der Waals surface area contributed by atoms with E-state index in [1.165, 1.54) is 37.8 Å². The van der Waals surface area contributed by atoms with Crippen molar-refractivity contribution >= 4 is 12.4 Å². The zero-order valence-electron chi connectivity index (χ0n) is 10.1. The van der Waals surface area contributed by atoms with Crippen LogP contribution in [0.5, 0.6) is 0 Å². The van der Waals surface area contributed by atoms with Crippen molar-refractivity contribution in [2.45, 2.75) is 43.8 Å². The summed E-state index contributed by atoms with van der Waals surface area (Å²) in [5, 5.41) is 0. The molecule has 1 saturated heterocycles. The van der Waals surface area contributed by atoms with E-state index in [9.17, 15) is 0 Å². The molecule has 17 heavy (non-hydrogen) atoms. The summed E-state index contributed by atoms with van der Waals surface area (Å²) in [6.07, 6.45) is 5.06. The standard InChI is InChI=1S/C14H20N2.ClH/c15-14(8-9-14)13-7-4-10-16(13)11-12-5-2-1-3-6-12;/h1-3,5-6,13H,4,7-11,15H2;1H/t13-;/m0./s1. The third-order valence-electron chi connectivity index (χ3n) is 4.08. The van der Waals surface area contributed by atoms with Crippen LogP contribution in [0.15, 0.2) is 30.3 Å². The SMILES string of the molecule is Cl.NC1([C@@H]2CCCN2Cc2ccccc2)CC1. The molecule has 0 spiro atoms. The fraction of sp³-hybridized carbons (Fsp3) is 0.571. The summed E-state index contributed by atoms with van der Waals surface area (Å²) in [6.45, 7) is 2.29. The second-order valence-electron chi connectivity index (χ2n) is 5.35. The van der Waals surface area contributed by atoms with Crippen molar-refractivity contribution in [3.63, 3.8) is 0 Å². The number of rotatable bonds is 3. The first kappa shape index (κ1) is 12.9. The average Bonchev–Trinajstić information content (AvgIpc) is 2.88. The van der Waals surface area contributed by atoms with Crippen LogP contribution in [0.2, 0.25) is 0 Å². The first-order valence-corrected chi connectivity index (χ1v) is 6.35. The Bertz CT molecular complexity index is 362. The zero-order chi connectivity index (χ0) is 11.0. The van der Waals surface area contributed by atoms with Crippen LogP contribution in [0.3, 0.4) is 0 Å². The Balaban J connectivity index is 0.00000108. The Morgan fingerprint density at radius 1 is 1.24 bits per heavy atom. The van der Waals surface area contributed by atoms with E-state index in [-0.39, 0.29) is 17.9 Å². The van der Waals surface area contributed by atoms with E-state index in [0.29, 0.717) is 6.04 Å². The summed E-state index contributed by atoms with van der Waals surface area (Å²) in [5.74, 6) is 0. The van der Waals surface area contributed by atoms with Gasteiger partial charge < -0.3 is 5.73 Å². The zero-order valence-corrected chi connectivity index (χ0v) is 11.0. The van der Waals surface area contributed by atoms with Crippen LogP contribution in [0.4, 0.5) is 0 Å². The van der Waals surface area contributed by atoms with Gasteiger partial charge in [-0.15, -0.1) is 12.4 Å². The number of hydrogen-bond acceptors (Lipinski definition) is 2. The summed E-state index contributed by atoms with van der Waals surface area (Å²) < 4.78 is 0. The van der Waals surface area contributed by atoms with Gasteiger partial charge in [-0.3, -0.25) is 4.90 Å². The number of nitrogens with zero attached hydrogens (tertiary/aromatic N) is 1. The molecular formula is C14H21ClN2. The monoisotopic (exact) mass is 252 g/mol. The lowest BCUT2D eigenvalue weighted by Gasteiger charge is -2.29. The van der Waals surface area contributed by atoms with Gasteiger partial charge in [0.25, 0.3) is 0 Å². The highest BCUT2D eigenvalue weighted by molar-refractivity contribution is 5.85. The van der Waals surface area contributed by atoms with Crippen LogP contribution < -0.4 is 5.73 Å². The molecule has 1 aliphatic heterocycles. The highest BCUT2D eigenvalue weighted by atomic mass is 35.5. The maximum absolute atomic E-state index is 6.35. The molecule has 1 aliphatic carbocycles. The van der Waals surface area contributed by atoms with Gasteiger partial charge in [0.2, 0.25) is 0 Å². The van der Waals surface area contributed by atoms with Crippen LogP contribution in [0, 0.1) is 0 Å². The highest BCUT2D eigenvalue weighted by Gasteiger charge is 2.49. The van der Waals surface area contributed by atoms with Crippen LogP contribution in [-0.4, -0.2) is 23.0 Å². The number of likely N-dealkylation sites (tertiary alicyclic amines) is 1. The Morgan fingerprint density at radius 3 is 2.59 bits per heavy atom. The predicted molar refractivity (Wildman–Crippen MR) is 73.3 cm³/mol. The lowest BCUT2D eigenvalue weighted by atomic mass is 10.0. The normalized spacial score (nSPS) is 26.5. The average molecular weight is 253 g/mol. The van der Waals surface area contributed by atoms with Crippen molar-refractivity contribution in [2.75, 3.05) is 6.54 Å². The smallest absolute Gasteiger partial charge is 0.0313 e. The molecule has 1 atom stereocenters. The summed E-state index contributed by atoms with van der Waals surface area (Å²) in [4.78, 5) is 2.59. The molecule has 94 valence electrons. The predicted octanol–water partition coefficient (Wildman–Crippen LogP) is 2.56. The van der Waals surface area contributed by atoms with Gasteiger partial charge in [-0.25, -0.2) is 0 Å². The summed E-state index contributed by atoms with van der Waals surface area (Å²) >= 11 is 0. The van der Waals surface area contributed by atoms with Crippen LogP contribution in [0.25, 0.3) is 0 Å². The minimum Gasteiger partial charge on any atom is -0.324 e. The molecular weight excluding hydrogens is 232 g/mol. The maximum atomic E-state index is 6.35. The lowest BCUT2D eigenvalue weighted by Crippen LogP contribution is -2.45. The molecule has 2 nitrogen and oxygen atoms in total. The largest absolute Gasteiger partial charge is 0.324 e. The van der Waals surface area contributed by atoms with E-state index >= 15 is 0 Å². The quantitative estimate of drug-likeness (QED) is 0.896. The molecule has 3 heteroatoms. The molecule has 0 aromatic heterocycles. The molecule has 2 fully saturated rings. The minimum absolute atomic E-state index is 0. The van der Waals surface area contributed by atoms with E-state index in [4.69, 9.17) is 5.73 Å². The first-order valence-electron chi connectivity index (χ1n) is 6.35. The van der Waals surface area contributed by atoms with Crippen LogP contribution in [0.1, 0.15) is 31.2 Å². The molecule has 0 bridgehead atoms. The van der Waals surface area contributed by atoms with Crippen molar-refractivity contribution in [3.05, 3.63) is 35.9 Å². The van der Waals surface area contributed by atoms with Gasteiger partial charge in [-0.05, 0) is 37.8 Å². The number of halogens is 1. The van der Waals surface area contributed by atoms with E-state index in [2.05, 4.69) is 35.2 Å². The van der Waals surface area contributed by atoms with Crippen molar-refractivity contribution in [3.8, 4) is 0 Å². The third-order valence-corrected chi connectivity index (χ3v) is 4.08. The Morgan fingerprint density at radius 2 is 1.94 bits per heavy atom. The van der Waals surface area contributed by atoms with Crippen LogP contribution in [-0.2, 0) is 6.54 Å². The maximum Gasteiger partial charge on any atom is 0.0313 e. The third kappa shape index (κ3) is 2.65. The van der Waals surface area contributed by atoms with E-state index in [0.717, 1.165) is 6.54 Å². The molecule has 1 heterocycles. The van der Waals surface area contributed by atoms with Gasteiger partial charge in [-0.1, -0.05) is 30.3 Å². The van der Waals surface area contributed by atoms with Crippen molar-refractivity contribution < 1.29 is 0 Å². The topological polar surface area (TPSA) is 29.3 Å². The van der Waals surface area contributed by atoms with Crippen molar-refractivity contribution in [1.82, 2.24) is 4.90 Å². The molecule has 0 unspecified atom stereocenters. The fourth-order valence-electron chi connectivity index (χ4n) is 2.96. The van der Waals surface area contributed by atoms with Gasteiger partial charge in [0.1, 0.15) is 0 Å². The Labute approximate surface area is 110 Å². The first-order chi connectivity index (χ1) is 7.78. The molecule has 1 saturated carbocycles. The van der Waals surface area contributed by atoms with Gasteiger partial charge in [0, 0.05) is 18.1 Å². The second-order valence-corrected chi connectivity index (χ2v) is 5.35. The van der Waals surface area contributed by atoms with Gasteiger partial charge in [-0.2, -0.15) is 0 Å². The fourth-order valence-corrected chi connectivity index (χ4v) is 2.96. The van der Waals surface area contributed by atoms with E-state index in [1.807, 2.05) is 0 Å². The Kier molecular flexibility index (Phi) is 3.76. The molecule has 0 radical (unpaired) electrons. The highest BCUT2D eigenvalue weighted by Crippen LogP contribution is 2.42. The summed E-state index contributed by atoms with van der Waals surface area (Å²) in [5.41, 5.74) is 7.93. The molecule has 2 N–H and O–H groups in total. The van der Waals surface area contributed by atoms with Gasteiger partial charge >= 0.3 is 0 Å². The summed E-state index contributed by atoms with van der Waals surface area (Å²) in [6, 6.07) is 11.4. The minimum atomic E-state index is 0. The number of benzene rings is 1. The van der Waals surface area contributed by atoms with E-state index < -0.39 is 0 Å². The summed E-state index contributed by atoms with van der Waals surface area (Å²) in [7, 11) is 0. The molecule has 2 aliphatic rings. The number of hydrogen-bond donors (Lipinski definition) is 1. The lowest BCUT2D eigenvalue weighted by molar-refractivity contribution is 0.207. The number of nitrogens with two attached hydrogens (primary N) is 1. The van der Waals surface area contributed by atoms with Gasteiger partial charge in [0.15, 0.2) is 0 Å². The van der Waals surface area contributed by atoms with Gasteiger partial charge in [0.05, 0.1) is 0 Å². The van der Waals surface area contributed by atoms with Crippen molar-refractivity contribution in [2.24, 2.45) is 5.73 Å². The van der Waals surface area contributed by atoms with E-state index in [1.54, 1.807) is 0 Å². The second kappa shape index (κ2) is 4.97. The molecule has 0 amide bonds. The Hall–Kier alpha value is -0.570. The molecule has 1 aromatic carbocycles. The molecule has 1 aromatic rings. The van der Waals surface area contributed by atoms with Crippen LogP contribution >= 0.6 is 12.4 Å². The van der Waals surface area contributed by atoms with Crippen molar-refractivity contribution in [1.29, 1.82) is 0 Å². The molecule has 3 rings (SSSR count).